The molecule has 3 aromatic rings. The van der Waals surface area contributed by atoms with E-state index < -0.39 is 17.8 Å². The molecule has 10 heteroatoms. The van der Waals surface area contributed by atoms with Gasteiger partial charge in [-0.3, -0.25) is 14.9 Å². The molecule has 1 aliphatic rings. The smallest absolute Gasteiger partial charge is 0.335 e. The molecule has 35 heavy (non-hydrogen) atoms. The van der Waals surface area contributed by atoms with E-state index in [2.05, 4.69) is 5.32 Å². The van der Waals surface area contributed by atoms with E-state index in [0.29, 0.717) is 10.6 Å². The van der Waals surface area contributed by atoms with Gasteiger partial charge in [0.05, 0.1) is 22.8 Å². The van der Waals surface area contributed by atoms with Gasteiger partial charge in [0.15, 0.2) is 11.5 Å². The maximum atomic E-state index is 13.1. The number of carbonyl (C=O) groups excluding carboxylic acids is 3. The zero-order valence-electron chi connectivity index (χ0n) is 18.2. The number of anilines is 1. The van der Waals surface area contributed by atoms with Gasteiger partial charge in [-0.15, -0.1) is 0 Å². The Morgan fingerprint density at radius 1 is 0.943 bits per heavy atom. The first kappa shape index (κ1) is 24.6. The van der Waals surface area contributed by atoms with Gasteiger partial charge in [-0.2, -0.15) is 0 Å². The molecule has 1 N–H and O–H groups in total. The Bertz CT molecular complexity index is 1370. The molecule has 1 aliphatic heterocycles. The molecule has 0 unspecified atom stereocenters. The summed E-state index contributed by atoms with van der Waals surface area (Å²) < 4.78 is 11.3. The SMILES string of the molecule is COc1cc(/C=C2\C(=O)NC(=O)N(c3ccccc3Cl)C2=O)cc(Cl)c1OCc1cccc(Cl)c1. The van der Waals surface area contributed by atoms with Crippen molar-refractivity contribution < 1.29 is 23.9 Å². The highest BCUT2D eigenvalue weighted by molar-refractivity contribution is 6.42. The number of ether oxygens (including phenoxy) is 2. The third-order valence-corrected chi connectivity index (χ3v) is 5.87. The molecule has 7 nitrogen and oxygen atoms in total. The van der Waals surface area contributed by atoms with Crippen molar-refractivity contribution in [2.75, 3.05) is 12.0 Å². The van der Waals surface area contributed by atoms with Crippen LogP contribution >= 0.6 is 34.8 Å². The van der Waals surface area contributed by atoms with Crippen LogP contribution in [0.5, 0.6) is 11.5 Å². The quantitative estimate of drug-likeness (QED) is 0.316. The molecular weight excluding hydrogens is 515 g/mol. The number of benzene rings is 3. The monoisotopic (exact) mass is 530 g/mol. The molecule has 1 saturated heterocycles. The minimum Gasteiger partial charge on any atom is -0.493 e. The fourth-order valence-electron chi connectivity index (χ4n) is 3.42. The summed E-state index contributed by atoms with van der Waals surface area (Å²) in [5, 5.41) is 3.10. The van der Waals surface area contributed by atoms with Gasteiger partial charge in [0.25, 0.3) is 11.8 Å². The summed E-state index contributed by atoms with van der Waals surface area (Å²) in [6.45, 7) is 0.187. The summed E-state index contributed by atoms with van der Waals surface area (Å²) >= 11 is 18.6. The summed E-state index contributed by atoms with van der Waals surface area (Å²) in [7, 11) is 1.44. The Morgan fingerprint density at radius 3 is 2.43 bits per heavy atom. The Morgan fingerprint density at radius 2 is 1.71 bits per heavy atom. The number of para-hydroxylation sites is 1. The first-order valence-corrected chi connectivity index (χ1v) is 11.3. The maximum Gasteiger partial charge on any atom is 0.335 e. The van der Waals surface area contributed by atoms with Crippen LogP contribution in [0.4, 0.5) is 10.5 Å². The van der Waals surface area contributed by atoms with Gasteiger partial charge < -0.3 is 9.47 Å². The minimum atomic E-state index is -0.898. The van der Waals surface area contributed by atoms with Crippen LogP contribution in [0.3, 0.4) is 0 Å². The number of rotatable bonds is 6. The van der Waals surface area contributed by atoms with E-state index in [0.717, 1.165) is 10.5 Å². The van der Waals surface area contributed by atoms with E-state index in [1.165, 1.54) is 31.4 Å². The molecular formula is C25H17Cl3N2O5. The third-order valence-electron chi connectivity index (χ3n) is 5.03. The highest BCUT2D eigenvalue weighted by Crippen LogP contribution is 2.38. The molecule has 0 spiro atoms. The molecule has 178 valence electrons. The fourth-order valence-corrected chi connectivity index (χ4v) is 4.13. The Hall–Kier alpha value is -3.52. The largest absolute Gasteiger partial charge is 0.493 e. The van der Waals surface area contributed by atoms with Gasteiger partial charge in [0.1, 0.15) is 12.2 Å². The van der Waals surface area contributed by atoms with Gasteiger partial charge >= 0.3 is 6.03 Å². The number of methoxy groups -OCH3 is 1. The lowest BCUT2D eigenvalue weighted by atomic mass is 10.1. The van der Waals surface area contributed by atoms with Crippen molar-refractivity contribution in [1.82, 2.24) is 5.32 Å². The predicted molar refractivity (Wildman–Crippen MR) is 134 cm³/mol. The molecule has 0 aromatic heterocycles. The lowest BCUT2D eigenvalue weighted by Crippen LogP contribution is -2.54. The van der Waals surface area contributed by atoms with E-state index in [1.807, 2.05) is 6.07 Å². The number of urea groups is 1. The number of nitrogens with one attached hydrogen (secondary N) is 1. The third kappa shape index (κ3) is 5.27. The zero-order chi connectivity index (χ0) is 25.1. The van der Waals surface area contributed by atoms with Crippen LogP contribution < -0.4 is 19.7 Å². The Labute approximate surface area is 215 Å². The zero-order valence-corrected chi connectivity index (χ0v) is 20.4. The highest BCUT2D eigenvalue weighted by Gasteiger charge is 2.37. The predicted octanol–water partition coefficient (Wildman–Crippen LogP) is 5.90. The van der Waals surface area contributed by atoms with Gasteiger partial charge in [0, 0.05) is 5.02 Å². The molecule has 4 rings (SSSR count). The first-order valence-electron chi connectivity index (χ1n) is 10.2. The Kier molecular flexibility index (Phi) is 7.31. The molecule has 4 amide bonds. The van der Waals surface area contributed by atoms with Crippen LogP contribution in [0.15, 0.2) is 66.2 Å². The van der Waals surface area contributed by atoms with Crippen molar-refractivity contribution in [3.8, 4) is 11.5 Å². The highest BCUT2D eigenvalue weighted by atomic mass is 35.5. The molecule has 0 radical (unpaired) electrons. The molecule has 1 fully saturated rings. The fraction of sp³-hybridized carbons (Fsp3) is 0.0800. The van der Waals surface area contributed by atoms with Gasteiger partial charge in [-0.05, 0) is 53.6 Å². The molecule has 3 aromatic carbocycles. The van der Waals surface area contributed by atoms with Crippen molar-refractivity contribution in [1.29, 1.82) is 0 Å². The van der Waals surface area contributed by atoms with Crippen molar-refractivity contribution in [2.45, 2.75) is 6.61 Å². The van der Waals surface area contributed by atoms with E-state index in [9.17, 15) is 14.4 Å². The van der Waals surface area contributed by atoms with Crippen molar-refractivity contribution in [3.05, 3.63) is 92.4 Å². The van der Waals surface area contributed by atoms with Crippen LogP contribution in [0.25, 0.3) is 6.08 Å². The number of nitrogens with zero attached hydrogens (tertiary/aromatic N) is 1. The van der Waals surface area contributed by atoms with E-state index in [4.69, 9.17) is 44.3 Å². The number of barbiturate groups is 1. The lowest BCUT2D eigenvalue weighted by molar-refractivity contribution is -0.122. The molecule has 1 heterocycles. The summed E-state index contributed by atoms with van der Waals surface area (Å²) in [4.78, 5) is 38.8. The summed E-state index contributed by atoms with van der Waals surface area (Å²) in [5.74, 6) is -1.11. The number of amides is 4. The molecule has 0 saturated carbocycles. The van der Waals surface area contributed by atoms with Crippen LogP contribution in [0.1, 0.15) is 11.1 Å². The Balaban J connectivity index is 1.65. The molecule has 0 atom stereocenters. The maximum absolute atomic E-state index is 13.1. The molecule has 0 aliphatic carbocycles. The number of carbonyl (C=O) groups is 3. The van der Waals surface area contributed by atoms with Gasteiger partial charge in [0.2, 0.25) is 0 Å². The topological polar surface area (TPSA) is 84.9 Å². The number of halogens is 3. The van der Waals surface area contributed by atoms with Crippen LogP contribution in [-0.2, 0) is 16.2 Å². The van der Waals surface area contributed by atoms with Crippen LogP contribution in [0.2, 0.25) is 15.1 Å². The lowest BCUT2D eigenvalue weighted by Gasteiger charge is -2.27. The second-order valence-electron chi connectivity index (χ2n) is 7.36. The summed E-state index contributed by atoms with van der Waals surface area (Å²) in [6.07, 6.45) is 1.31. The summed E-state index contributed by atoms with van der Waals surface area (Å²) in [6, 6.07) is 15.7. The average molecular weight is 532 g/mol. The number of hydrogen-bond acceptors (Lipinski definition) is 5. The molecule has 0 bridgehead atoms. The second-order valence-corrected chi connectivity index (χ2v) is 8.61. The van der Waals surface area contributed by atoms with Crippen LogP contribution in [0, 0.1) is 0 Å². The standard InChI is InChI=1S/C25H17Cl3N2O5/c1-34-21-12-15(11-19(28)22(21)35-13-14-5-4-6-16(26)9-14)10-17-23(31)29-25(33)30(24(17)32)20-8-3-2-7-18(20)27/h2-12H,13H2,1H3,(H,29,31,33)/b17-10+. The summed E-state index contributed by atoms with van der Waals surface area (Å²) in [5.41, 5.74) is 1.08. The van der Waals surface area contributed by atoms with E-state index >= 15 is 0 Å². The number of hydrogen-bond donors (Lipinski definition) is 1. The first-order chi connectivity index (χ1) is 16.8. The van der Waals surface area contributed by atoms with E-state index in [-0.39, 0.29) is 39.4 Å². The van der Waals surface area contributed by atoms with Crippen molar-refractivity contribution in [3.63, 3.8) is 0 Å². The van der Waals surface area contributed by atoms with Gasteiger partial charge in [-0.25, -0.2) is 9.69 Å². The van der Waals surface area contributed by atoms with Gasteiger partial charge in [-0.1, -0.05) is 59.1 Å². The normalized spacial score (nSPS) is 14.8. The van der Waals surface area contributed by atoms with Crippen LogP contribution in [-0.4, -0.2) is 25.0 Å². The second kappa shape index (κ2) is 10.4. The minimum absolute atomic E-state index is 0.149. The van der Waals surface area contributed by atoms with Crippen molar-refractivity contribution in [2.24, 2.45) is 0 Å². The van der Waals surface area contributed by atoms with E-state index in [1.54, 1.807) is 36.4 Å². The number of imide groups is 2. The van der Waals surface area contributed by atoms with Crippen molar-refractivity contribution >= 4 is 64.4 Å². The average Bonchev–Trinajstić information content (AvgIpc) is 2.82.